The van der Waals surface area contributed by atoms with Gasteiger partial charge in [0.15, 0.2) is 0 Å². The molecule has 0 amide bonds. The Bertz CT molecular complexity index is 263. The van der Waals surface area contributed by atoms with E-state index >= 15 is 0 Å². The van der Waals surface area contributed by atoms with Crippen molar-refractivity contribution in [1.29, 1.82) is 0 Å². The maximum Gasteiger partial charge on any atom is 0.0328 e. The van der Waals surface area contributed by atoms with E-state index in [1.54, 1.807) is 11.3 Å². The van der Waals surface area contributed by atoms with Gasteiger partial charge in [-0.25, -0.2) is 0 Å². The van der Waals surface area contributed by atoms with Gasteiger partial charge < -0.3 is 5.73 Å². The first kappa shape index (κ1) is 10.1. The van der Waals surface area contributed by atoms with Crippen molar-refractivity contribution >= 4 is 11.3 Å². The van der Waals surface area contributed by atoms with E-state index in [9.17, 15) is 0 Å². The Morgan fingerprint density at radius 1 is 1.50 bits per heavy atom. The van der Waals surface area contributed by atoms with Gasteiger partial charge in [0.2, 0.25) is 0 Å². The van der Waals surface area contributed by atoms with Gasteiger partial charge in [-0.15, -0.1) is 0 Å². The molecule has 1 aliphatic rings. The lowest BCUT2D eigenvalue weighted by molar-refractivity contribution is 0.163. The van der Waals surface area contributed by atoms with Crippen LogP contribution in [0.5, 0.6) is 0 Å². The molecule has 1 atom stereocenters. The third-order valence-electron chi connectivity index (χ3n) is 3.15. The molecule has 2 nitrogen and oxygen atoms in total. The number of rotatable bonds is 2. The van der Waals surface area contributed by atoms with Crippen molar-refractivity contribution in [3.05, 3.63) is 22.4 Å². The highest BCUT2D eigenvalue weighted by atomic mass is 32.1. The van der Waals surface area contributed by atoms with Crippen molar-refractivity contribution in [2.45, 2.75) is 31.8 Å². The van der Waals surface area contributed by atoms with Crippen LogP contribution in [0.4, 0.5) is 0 Å². The Kier molecular flexibility index (Phi) is 3.21. The standard InChI is InChI=1S/C11H18N2S/c1-9(10-4-7-14-8-10)13-5-2-11(12)3-6-13/h4,7-9,11H,2-3,5-6,12H2,1H3. The topological polar surface area (TPSA) is 29.3 Å². The average molecular weight is 210 g/mol. The molecule has 0 saturated carbocycles. The fraction of sp³-hybridized carbons (Fsp3) is 0.636. The van der Waals surface area contributed by atoms with Crippen LogP contribution < -0.4 is 5.73 Å². The summed E-state index contributed by atoms with van der Waals surface area (Å²) in [5.74, 6) is 0. The van der Waals surface area contributed by atoms with Gasteiger partial charge in [0.25, 0.3) is 0 Å². The van der Waals surface area contributed by atoms with Crippen molar-refractivity contribution in [2.24, 2.45) is 5.73 Å². The van der Waals surface area contributed by atoms with E-state index in [4.69, 9.17) is 5.73 Å². The van der Waals surface area contributed by atoms with E-state index in [0.29, 0.717) is 12.1 Å². The molecule has 1 aromatic rings. The third kappa shape index (κ3) is 2.16. The molecule has 1 unspecified atom stereocenters. The first-order valence-electron chi connectivity index (χ1n) is 5.29. The van der Waals surface area contributed by atoms with E-state index in [0.717, 1.165) is 25.9 Å². The highest BCUT2D eigenvalue weighted by molar-refractivity contribution is 7.07. The zero-order valence-corrected chi connectivity index (χ0v) is 9.46. The van der Waals surface area contributed by atoms with Crippen molar-refractivity contribution in [3.8, 4) is 0 Å². The Labute approximate surface area is 89.7 Å². The predicted molar refractivity (Wildman–Crippen MR) is 61.5 cm³/mol. The van der Waals surface area contributed by atoms with Crippen molar-refractivity contribution in [1.82, 2.24) is 4.90 Å². The van der Waals surface area contributed by atoms with Crippen LogP contribution in [0.15, 0.2) is 16.8 Å². The molecule has 3 heteroatoms. The molecule has 0 radical (unpaired) electrons. The maximum atomic E-state index is 5.89. The second-order valence-corrected chi connectivity index (χ2v) is 4.89. The van der Waals surface area contributed by atoms with Crippen LogP contribution >= 0.6 is 11.3 Å². The average Bonchev–Trinajstić information content (AvgIpc) is 2.71. The molecule has 1 saturated heterocycles. The summed E-state index contributed by atoms with van der Waals surface area (Å²) in [6, 6.07) is 3.22. The van der Waals surface area contributed by atoms with Crippen LogP contribution in [-0.4, -0.2) is 24.0 Å². The van der Waals surface area contributed by atoms with E-state index in [1.165, 1.54) is 5.56 Å². The highest BCUT2D eigenvalue weighted by Gasteiger charge is 2.21. The van der Waals surface area contributed by atoms with Crippen LogP contribution in [0, 0.1) is 0 Å². The van der Waals surface area contributed by atoms with E-state index < -0.39 is 0 Å². The zero-order chi connectivity index (χ0) is 9.97. The number of hydrogen-bond donors (Lipinski definition) is 1. The molecule has 0 aromatic carbocycles. The molecule has 1 aromatic heterocycles. The number of thiophene rings is 1. The van der Waals surface area contributed by atoms with Gasteiger partial charge in [0, 0.05) is 25.2 Å². The van der Waals surface area contributed by atoms with Gasteiger partial charge in [-0.05, 0) is 42.2 Å². The van der Waals surface area contributed by atoms with Crippen molar-refractivity contribution < 1.29 is 0 Å². The van der Waals surface area contributed by atoms with Crippen LogP contribution in [0.1, 0.15) is 31.4 Å². The summed E-state index contributed by atoms with van der Waals surface area (Å²) < 4.78 is 0. The minimum atomic E-state index is 0.431. The summed E-state index contributed by atoms with van der Waals surface area (Å²) in [6.45, 7) is 4.59. The molecule has 1 aliphatic heterocycles. The van der Waals surface area contributed by atoms with E-state index in [1.807, 2.05) is 0 Å². The fourth-order valence-electron chi connectivity index (χ4n) is 2.03. The SMILES string of the molecule is CC(c1ccsc1)N1CCC(N)CC1. The Hall–Kier alpha value is -0.380. The quantitative estimate of drug-likeness (QED) is 0.811. The van der Waals surface area contributed by atoms with Crippen LogP contribution in [0.3, 0.4) is 0 Å². The van der Waals surface area contributed by atoms with Gasteiger partial charge >= 0.3 is 0 Å². The Morgan fingerprint density at radius 3 is 2.79 bits per heavy atom. The molecule has 1 fully saturated rings. The third-order valence-corrected chi connectivity index (χ3v) is 3.85. The largest absolute Gasteiger partial charge is 0.328 e. The lowest BCUT2D eigenvalue weighted by atomic mass is 10.0. The number of piperidine rings is 1. The number of likely N-dealkylation sites (tertiary alicyclic amines) is 1. The van der Waals surface area contributed by atoms with Gasteiger partial charge in [0.1, 0.15) is 0 Å². The normalized spacial score (nSPS) is 22.4. The molecule has 2 heterocycles. The molecule has 2 rings (SSSR count). The lowest BCUT2D eigenvalue weighted by Crippen LogP contribution is -2.40. The Balaban J connectivity index is 1.95. The van der Waals surface area contributed by atoms with Crippen molar-refractivity contribution in [3.63, 3.8) is 0 Å². The lowest BCUT2D eigenvalue weighted by Gasteiger charge is -2.34. The number of hydrogen-bond acceptors (Lipinski definition) is 3. The number of nitrogens with two attached hydrogens (primary N) is 1. The van der Waals surface area contributed by atoms with Crippen LogP contribution in [-0.2, 0) is 0 Å². The summed E-state index contributed by atoms with van der Waals surface area (Å²) in [4.78, 5) is 2.53. The van der Waals surface area contributed by atoms with Gasteiger partial charge in [0.05, 0.1) is 0 Å². The summed E-state index contributed by atoms with van der Waals surface area (Å²) in [6.07, 6.45) is 2.29. The number of nitrogens with zero attached hydrogens (tertiary/aromatic N) is 1. The Morgan fingerprint density at radius 2 is 2.21 bits per heavy atom. The molecular weight excluding hydrogens is 192 g/mol. The van der Waals surface area contributed by atoms with Crippen molar-refractivity contribution in [2.75, 3.05) is 13.1 Å². The molecule has 78 valence electrons. The second kappa shape index (κ2) is 4.43. The molecule has 0 bridgehead atoms. The molecule has 2 N–H and O–H groups in total. The molecular formula is C11H18N2S. The summed E-state index contributed by atoms with van der Waals surface area (Å²) in [5.41, 5.74) is 7.34. The maximum absolute atomic E-state index is 5.89. The van der Waals surface area contributed by atoms with E-state index in [-0.39, 0.29) is 0 Å². The zero-order valence-electron chi connectivity index (χ0n) is 8.65. The minimum absolute atomic E-state index is 0.431. The van der Waals surface area contributed by atoms with Gasteiger partial charge in [-0.3, -0.25) is 4.90 Å². The van der Waals surface area contributed by atoms with Crippen LogP contribution in [0.25, 0.3) is 0 Å². The first-order valence-corrected chi connectivity index (χ1v) is 6.23. The van der Waals surface area contributed by atoms with Crippen LogP contribution in [0.2, 0.25) is 0 Å². The monoisotopic (exact) mass is 210 g/mol. The van der Waals surface area contributed by atoms with E-state index in [2.05, 4.69) is 28.7 Å². The van der Waals surface area contributed by atoms with Gasteiger partial charge in [-0.2, -0.15) is 11.3 Å². The highest BCUT2D eigenvalue weighted by Crippen LogP contribution is 2.25. The fourth-order valence-corrected chi connectivity index (χ4v) is 2.78. The first-order chi connectivity index (χ1) is 6.77. The summed E-state index contributed by atoms with van der Waals surface area (Å²) >= 11 is 1.78. The molecule has 0 aliphatic carbocycles. The predicted octanol–water partition coefficient (Wildman–Crippen LogP) is 2.23. The van der Waals surface area contributed by atoms with Gasteiger partial charge in [-0.1, -0.05) is 0 Å². The molecule has 14 heavy (non-hydrogen) atoms. The molecule has 0 spiro atoms. The smallest absolute Gasteiger partial charge is 0.0328 e. The summed E-state index contributed by atoms with van der Waals surface area (Å²) in [7, 11) is 0. The second-order valence-electron chi connectivity index (χ2n) is 4.11. The minimum Gasteiger partial charge on any atom is -0.328 e. The summed E-state index contributed by atoms with van der Waals surface area (Å²) in [5, 5.41) is 4.40.